The highest BCUT2D eigenvalue weighted by Crippen LogP contribution is 2.18. The van der Waals surface area contributed by atoms with Crippen LogP contribution in [0.4, 0.5) is 0 Å². The standard InChI is InChI=1S/C20H31NO5/c1-15(20(2,3)4)21-18(22)14-25-12-6-7-13-26-17-10-8-16(9-11-17)19(23)24-5/h8-11,15H,6-7,12-14H2,1-5H3,(H,21,22). The summed E-state index contributed by atoms with van der Waals surface area (Å²) in [6, 6.07) is 6.91. The first-order valence-corrected chi connectivity index (χ1v) is 8.92. The van der Waals surface area contributed by atoms with Crippen LogP contribution in [-0.4, -0.2) is 44.8 Å². The smallest absolute Gasteiger partial charge is 0.337 e. The molecule has 1 unspecified atom stereocenters. The predicted octanol–water partition coefficient (Wildman–Crippen LogP) is 3.20. The SMILES string of the molecule is COC(=O)c1ccc(OCCCCOCC(=O)NC(C)C(C)(C)C)cc1. The van der Waals surface area contributed by atoms with Crippen molar-refractivity contribution < 1.29 is 23.8 Å². The Balaban J connectivity index is 2.11. The number of rotatable bonds is 10. The van der Waals surface area contributed by atoms with Gasteiger partial charge in [-0.2, -0.15) is 0 Å². The lowest BCUT2D eigenvalue weighted by atomic mass is 9.88. The maximum atomic E-state index is 11.8. The number of hydrogen-bond acceptors (Lipinski definition) is 5. The summed E-state index contributed by atoms with van der Waals surface area (Å²) < 4.78 is 15.6. The molecule has 6 nitrogen and oxygen atoms in total. The first-order valence-electron chi connectivity index (χ1n) is 8.92. The highest BCUT2D eigenvalue weighted by Gasteiger charge is 2.21. The van der Waals surface area contributed by atoms with Crippen molar-refractivity contribution in [3.8, 4) is 5.75 Å². The van der Waals surface area contributed by atoms with Gasteiger partial charge in [0.25, 0.3) is 0 Å². The second kappa shape index (κ2) is 10.8. The molecule has 1 aromatic rings. The molecule has 0 aliphatic heterocycles. The number of unbranched alkanes of at least 4 members (excludes halogenated alkanes) is 1. The summed E-state index contributed by atoms with van der Waals surface area (Å²) in [4.78, 5) is 23.1. The van der Waals surface area contributed by atoms with Crippen LogP contribution in [0.5, 0.6) is 5.75 Å². The average Bonchev–Trinajstić information content (AvgIpc) is 2.59. The van der Waals surface area contributed by atoms with Gasteiger partial charge in [-0.3, -0.25) is 4.79 Å². The summed E-state index contributed by atoms with van der Waals surface area (Å²) in [5, 5.41) is 2.94. The van der Waals surface area contributed by atoms with Crippen molar-refractivity contribution in [2.75, 3.05) is 26.9 Å². The van der Waals surface area contributed by atoms with Gasteiger partial charge in [-0.1, -0.05) is 20.8 Å². The molecule has 0 heterocycles. The Hall–Kier alpha value is -2.08. The van der Waals surface area contributed by atoms with E-state index in [1.165, 1.54) is 7.11 Å². The topological polar surface area (TPSA) is 73.9 Å². The van der Waals surface area contributed by atoms with Crippen molar-refractivity contribution >= 4 is 11.9 Å². The molecule has 0 aliphatic carbocycles. The van der Waals surface area contributed by atoms with E-state index < -0.39 is 0 Å². The lowest BCUT2D eigenvalue weighted by molar-refractivity contribution is -0.127. The number of nitrogens with one attached hydrogen (secondary N) is 1. The highest BCUT2D eigenvalue weighted by molar-refractivity contribution is 5.89. The van der Waals surface area contributed by atoms with E-state index in [4.69, 9.17) is 9.47 Å². The van der Waals surface area contributed by atoms with Crippen LogP contribution in [0.25, 0.3) is 0 Å². The fraction of sp³-hybridized carbons (Fsp3) is 0.600. The zero-order chi connectivity index (χ0) is 19.6. The monoisotopic (exact) mass is 365 g/mol. The quantitative estimate of drug-likeness (QED) is 0.509. The van der Waals surface area contributed by atoms with Crippen LogP contribution in [-0.2, 0) is 14.3 Å². The Morgan fingerprint density at radius 1 is 1.08 bits per heavy atom. The highest BCUT2D eigenvalue weighted by atomic mass is 16.5. The predicted molar refractivity (Wildman–Crippen MR) is 100 cm³/mol. The van der Waals surface area contributed by atoms with Crippen molar-refractivity contribution in [2.45, 2.75) is 46.6 Å². The molecule has 1 atom stereocenters. The molecule has 0 saturated heterocycles. The van der Waals surface area contributed by atoms with Crippen LogP contribution in [0, 0.1) is 5.41 Å². The Kier molecular flexibility index (Phi) is 9.13. The first kappa shape index (κ1) is 22.0. The van der Waals surface area contributed by atoms with E-state index >= 15 is 0 Å². The van der Waals surface area contributed by atoms with Crippen LogP contribution in [0.1, 0.15) is 50.9 Å². The fourth-order valence-electron chi connectivity index (χ4n) is 1.97. The normalized spacial score (nSPS) is 12.3. The number of amides is 1. The van der Waals surface area contributed by atoms with E-state index in [0.29, 0.717) is 24.5 Å². The maximum absolute atomic E-state index is 11.8. The van der Waals surface area contributed by atoms with Crippen molar-refractivity contribution in [3.63, 3.8) is 0 Å². The van der Waals surface area contributed by atoms with E-state index in [1.807, 2.05) is 6.92 Å². The molecule has 1 aromatic carbocycles. The third-order valence-electron chi connectivity index (χ3n) is 4.14. The van der Waals surface area contributed by atoms with Gasteiger partial charge in [0.15, 0.2) is 0 Å². The molecule has 0 bridgehead atoms. The number of hydrogen-bond donors (Lipinski definition) is 1. The van der Waals surface area contributed by atoms with E-state index in [1.54, 1.807) is 24.3 Å². The van der Waals surface area contributed by atoms with Crippen LogP contribution < -0.4 is 10.1 Å². The van der Waals surface area contributed by atoms with Gasteiger partial charge in [0.1, 0.15) is 12.4 Å². The molecule has 0 radical (unpaired) electrons. The third-order valence-corrected chi connectivity index (χ3v) is 4.14. The second-order valence-corrected chi connectivity index (χ2v) is 7.28. The minimum absolute atomic E-state index is 0.0298. The zero-order valence-electron chi connectivity index (χ0n) is 16.5. The maximum Gasteiger partial charge on any atom is 0.337 e. The first-order chi connectivity index (χ1) is 12.2. The molecule has 0 spiro atoms. The van der Waals surface area contributed by atoms with Gasteiger partial charge in [-0.05, 0) is 49.4 Å². The number of methoxy groups -OCH3 is 1. The molecule has 6 heteroatoms. The summed E-state index contributed by atoms with van der Waals surface area (Å²) >= 11 is 0. The molecule has 0 fully saturated rings. The molecular weight excluding hydrogens is 334 g/mol. The summed E-state index contributed by atoms with van der Waals surface area (Å²) in [5.41, 5.74) is 0.523. The Bertz CT molecular complexity index is 563. The molecule has 0 saturated carbocycles. The fourth-order valence-corrected chi connectivity index (χ4v) is 1.97. The van der Waals surface area contributed by atoms with E-state index in [0.717, 1.165) is 12.8 Å². The zero-order valence-corrected chi connectivity index (χ0v) is 16.5. The number of carbonyl (C=O) groups excluding carboxylic acids is 2. The largest absolute Gasteiger partial charge is 0.494 e. The van der Waals surface area contributed by atoms with Crippen LogP contribution in [0.15, 0.2) is 24.3 Å². The molecule has 0 aliphatic rings. The van der Waals surface area contributed by atoms with E-state index in [9.17, 15) is 9.59 Å². The number of benzene rings is 1. The molecule has 146 valence electrons. The average molecular weight is 365 g/mol. The van der Waals surface area contributed by atoms with Crippen LogP contribution in [0.2, 0.25) is 0 Å². The van der Waals surface area contributed by atoms with Gasteiger partial charge < -0.3 is 19.5 Å². The van der Waals surface area contributed by atoms with Gasteiger partial charge in [0.2, 0.25) is 5.91 Å². The lowest BCUT2D eigenvalue weighted by Gasteiger charge is -2.28. The van der Waals surface area contributed by atoms with Crippen molar-refractivity contribution in [3.05, 3.63) is 29.8 Å². The number of ether oxygens (including phenoxy) is 3. The van der Waals surface area contributed by atoms with Gasteiger partial charge in [-0.25, -0.2) is 4.79 Å². The second-order valence-electron chi connectivity index (χ2n) is 7.28. The van der Waals surface area contributed by atoms with Gasteiger partial charge in [-0.15, -0.1) is 0 Å². The van der Waals surface area contributed by atoms with Gasteiger partial charge >= 0.3 is 5.97 Å². The summed E-state index contributed by atoms with van der Waals surface area (Å²) in [6.07, 6.45) is 1.63. The molecule has 1 N–H and O–H groups in total. The van der Waals surface area contributed by atoms with E-state index in [-0.39, 0.29) is 29.9 Å². The molecule has 1 amide bonds. The minimum atomic E-state index is -0.366. The summed E-state index contributed by atoms with van der Waals surface area (Å²) in [7, 11) is 1.35. The Labute approximate surface area is 156 Å². The number of carbonyl (C=O) groups is 2. The van der Waals surface area contributed by atoms with E-state index in [2.05, 4.69) is 30.8 Å². The molecule has 26 heavy (non-hydrogen) atoms. The number of esters is 1. The van der Waals surface area contributed by atoms with Gasteiger partial charge in [0.05, 0.1) is 19.3 Å². The Morgan fingerprint density at radius 2 is 1.69 bits per heavy atom. The summed E-state index contributed by atoms with van der Waals surface area (Å²) in [5.74, 6) is 0.248. The van der Waals surface area contributed by atoms with Crippen LogP contribution >= 0.6 is 0 Å². The van der Waals surface area contributed by atoms with Crippen molar-refractivity contribution in [1.82, 2.24) is 5.32 Å². The third kappa shape index (κ3) is 8.34. The van der Waals surface area contributed by atoms with Crippen molar-refractivity contribution in [1.29, 1.82) is 0 Å². The lowest BCUT2D eigenvalue weighted by Crippen LogP contribution is -2.43. The molecular formula is C20H31NO5. The minimum Gasteiger partial charge on any atom is -0.494 e. The molecule has 1 rings (SSSR count). The van der Waals surface area contributed by atoms with Crippen LogP contribution in [0.3, 0.4) is 0 Å². The Morgan fingerprint density at radius 3 is 2.27 bits per heavy atom. The van der Waals surface area contributed by atoms with Gasteiger partial charge in [0, 0.05) is 12.6 Å². The van der Waals surface area contributed by atoms with Crippen molar-refractivity contribution in [2.24, 2.45) is 5.41 Å². The molecule has 0 aromatic heterocycles. The summed E-state index contributed by atoms with van der Waals surface area (Å²) in [6.45, 7) is 9.39.